The Hall–Kier alpha value is -3.66. The molecule has 0 N–H and O–H groups in total. The van der Waals surface area contributed by atoms with Gasteiger partial charge in [0.15, 0.2) is 4.80 Å². The zero-order valence-corrected chi connectivity index (χ0v) is 25.7. The number of fused-ring (bicyclic) bond motifs is 1. The predicted molar refractivity (Wildman–Crippen MR) is 163 cm³/mol. The Bertz CT molecular complexity index is 1830. The molecule has 2 heterocycles. The number of carbonyl (C=O) groups is 1. The number of allylic oxidation sites excluding steroid dienone is 1. The number of rotatable bonds is 8. The molecule has 0 aliphatic carbocycles. The third-order valence-corrected chi connectivity index (χ3v) is 8.51. The second-order valence-electron chi connectivity index (χ2n) is 9.15. The van der Waals surface area contributed by atoms with E-state index in [4.69, 9.17) is 25.8 Å². The van der Waals surface area contributed by atoms with Gasteiger partial charge in [-0.3, -0.25) is 9.36 Å². The van der Waals surface area contributed by atoms with E-state index in [1.54, 1.807) is 31.6 Å². The second kappa shape index (κ2) is 12.5. The van der Waals surface area contributed by atoms with E-state index < -0.39 is 12.0 Å². The summed E-state index contributed by atoms with van der Waals surface area (Å²) in [7, 11) is 1.58. The molecule has 0 saturated carbocycles. The van der Waals surface area contributed by atoms with Crippen molar-refractivity contribution >= 4 is 50.9 Å². The van der Waals surface area contributed by atoms with Crippen LogP contribution in [0, 0.1) is 0 Å². The first kappa shape index (κ1) is 28.9. The molecule has 10 heteroatoms. The van der Waals surface area contributed by atoms with E-state index in [2.05, 4.69) is 20.9 Å². The normalized spacial score (nSPS) is 14.9. The van der Waals surface area contributed by atoms with Crippen LogP contribution in [-0.4, -0.2) is 24.3 Å². The van der Waals surface area contributed by atoms with Crippen molar-refractivity contribution in [3.63, 3.8) is 0 Å². The lowest BCUT2D eigenvalue weighted by atomic mass is 9.96. The Morgan fingerprint density at radius 3 is 2.59 bits per heavy atom. The number of carbonyl (C=O) groups excluding carboxylic acids is 1. The molecule has 1 aliphatic rings. The van der Waals surface area contributed by atoms with E-state index in [1.165, 1.54) is 11.3 Å². The molecule has 0 saturated heterocycles. The highest BCUT2D eigenvalue weighted by Gasteiger charge is 2.33. The molecular weight excluding hydrogens is 628 g/mol. The zero-order valence-electron chi connectivity index (χ0n) is 22.5. The summed E-state index contributed by atoms with van der Waals surface area (Å²) in [5, 5.41) is 0.654. The molecule has 1 aromatic heterocycles. The number of methoxy groups -OCH3 is 1. The van der Waals surface area contributed by atoms with Crippen LogP contribution in [0.5, 0.6) is 11.5 Å². The molecule has 0 fully saturated rings. The fourth-order valence-corrected chi connectivity index (χ4v) is 6.34. The average molecular weight is 654 g/mol. The van der Waals surface area contributed by atoms with Crippen LogP contribution < -0.4 is 24.4 Å². The highest BCUT2D eigenvalue weighted by Crippen LogP contribution is 2.35. The summed E-state index contributed by atoms with van der Waals surface area (Å²) in [5.74, 6) is 0.814. The van der Waals surface area contributed by atoms with E-state index in [9.17, 15) is 9.59 Å². The van der Waals surface area contributed by atoms with Gasteiger partial charge in [0.1, 0.15) is 18.1 Å². The van der Waals surface area contributed by atoms with Gasteiger partial charge in [-0.25, -0.2) is 9.79 Å². The van der Waals surface area contributed by atoms with Crippen LogP contribution in [0.25, 0.3) is 6.08 Å². The van der Waals surface area contributed by atoms with Gasteiger partial charge >= 0.3 is 5.97 Å². The van der Waals surface area contributed by atoms with Gasteiger partial charge in [0.2, 0.25) is 0 Å². The van der Waals surface area contributed by atoms with Gasteiger partial charge in [0, 0.05) is 10.6 Å². The molecule has 0 unspecified atom stereocenters. The Morgan fingerprint density at radius 1 is 1.15 bits per heavy atom. The van der Waals surface area contributed by atoms with E-state index in [1.807, 2.05) is 66.7 Å². The van der Waals surface area contributed by atoms with Gasteiger partial charge in [0.05, 0.1) is 40.0 Å². The van der Waals surface area contributed by atoms with E-state index in [0.717, 1.165) is 16.7 Å². The topological polar surface area (TPSA) is 79.1 Å². The van der Waals surface area contributed by atoms with Crippen molar-refractivity contribution in [1.82, 2.24) is 4.57 Å². The standard InChI is InChI=1S/C31H26BrClN2O5S/c1-4-39-30(37)27-18(2)34-31-35(28(27)20-11-14-25(38-3)23(32)16-20)29(36)26(41-31)15-19-9-12-22(13-10-19)40-17-21-7-5-6-8-24(21)33/h5-16,28H,4,17H2,1-3H3/b26-15+/t28-/m1/s1. The first-order valence-corrected chi connectivity index (χ1v) is 14.8. The van der Waals surface area contributed by atoms with Crippen LogP contribution in [-0.2, 0) is 16.1 Å². The molecule has 0 spiro atoms. The first-order valence-electron chi connectivity index (χ1n) is 12.8. The third kappa shape index (κ3) is 6.02. The maximum atomic E-state index is 13.8. The fourth-order valence-electron chi connectivity index (χ4n) is 4.55. The van der Waals surface area contributed by atoms with Crippen LogP contribution in [0.15, 0.2) is 92.3 Å². The Kier molecular flexibility index (Phi) is 8.77. The minimum Gasteiger partial charge on any atom is -0.496 e. The van der Waals surface area contributed by atoms with E-state index in [0.29, 0.717) is 48.2 Å². The lowest BCUT2D eigenvalue weighted by molar-refractivity contribution is -0.139. The Labute approximate surface area is 254 Å². The highest BCUT2D eigenvalue weighted by molar-refractivity contribution is 9.10. The van der Waals surface area contributed by atoms with Gasteiger partial charge in [-0.1, -0.05) is 59.3 Å². The monoisotopic (exact) mass is 652 g/mol. The van der Waals surface area contributed by atoms with Crippen LogP contribution in [0.3, 0.4) is 0 Å². The number of hydrogen-bond donors (Lipinski definition) is 0. The lowest BCUT2D eigenvalue weighted by Crippen LogP contribution is -2.39. The first-order chi connectivity index (χ1) is 19.8. The van der Waals surface area contributed by atoms with Crippen molar-refractivity contribution in [3.05, 3.63) is 124 Å². The third-order valence-electron chi connectivity index (χ3n) is 6.54. The smallest absolute Gasteiger partial charge is 0.338 e. The van der Waals surface area contributed by atoms with Crippen molar-refractivity contribution < 1.29 is 19.0 Å². The van der Waals surface area contributed by atoms with Crippen LogP contribution in [0.4, 0.5) is 0 Å². The number of aromatic nitrogens is 1. The number of ether oxygens (including phenoxy) is 3. The number of hydrogen-bond acceptors (Lipinski definition) is 7. The highest BCUT2D eigenvalue weighted by atomic mass is 79.9. The van der Waals surface area contributed by atoms with Gasteiger partial charge in [-0.2, -0.15) is 0 Å². The van der Waals surface area contributed by atoms with Crippen LogP contribution in [0.2, 0.25) is 5.02 Å². The maximum absolute atomic E-state index is 13.8. The Balaban J connectivity index is 1.52. The summed E-state index contributed by atoms with van der Waals surface area (Å²) in [6.45, 7) is 4.06. The molecule has 0 radical (unpaired) electrons. The summed E-state index contributed by atoms with van der Waals surface area (Å²) in [6, 6.07) is 19.8. The number of benzene rings is 3. The van der Waals surface area contributed by atoms with Gasteiger partial charge < -0.3 is 14.2 Å². The lowest BCUT2D eigenvalue weighted by Gasteiger charge is -2.25. The fraction of sp³-hybridized carbons (Fsp3) is 0.194. The summed E-state index contributed by atoms with van der Waals surface area (Å²) in [6.07, 6.45) is 1.81. The molecule has 7 nitrogen and oxygen atoms in total. The molecule has 4 aromatic rings. The van der Waals surface area contributed by atoms with Gasteiger partial charge in [-0.15, -0.1) is 0 Å². The molecule has 3 aromatic carbocycles. The molecule has 0 amide bonds. The minimum absolute atomic E-state index is 0.206. The van der Waals surface area contributed by atoms with Crippen molar-refractivity contribution in [2.24, 2.45) is 4.99 Å². The maximum Gasteiger partial charge on any atom is 0.338 e. The van der Waals surface area contributed by atoms with Crippen molar-refractivity contribution in [3.8, 4) is 11.5 Å². The number of thiazole rings is 1. The summed E-state index contributed by atoms with van der Waals surface area (Å²) < 4.78 is 19.4. The zero-order chi connectivity index (χ0) is 29.1. The molecule has 5 rings (SSSR count). The van der Waals surface area contributed by atoms with Gasteiger partial charge in [0.25, 0.3) is 5.56 Å². The van der Waals surface area contributed by atoms with Crippen LogP contribution >= 0.6 is 38.9 Å². The van der Waals surface area contributed by atoms with E-state index in [-0.39, 0.29) is 12.2 Å². The predicted octanol–water partition coefficient (Wildman–Crippen LogP) is 5.80. The Morgan fingerprint density at radius 2 is 1.90 bits per heavy atom. The number of esters is 1. The SMILES string of the molecule is CCOC(=O)C1=C(C)N=c2s/c(=C/c3ccc(OCc4ccccc4Cl)cc3)c(=O)n2[C@@H]1c1ccc(OC)c(Br)c1. The quantitative estimate of drug-likeness (QED) is 0.225. The molecule has 0 bridgehead atoms. The van der Waals surface area contributed by atoms with Crippen molar-refractivity contribution in [2.75, 3.05) is 13.7 Å². The molecular formula is C31H26BrClN2O5S. The second-order valence-corrected chi connectivity index (χ2v) is 11.4. The molecule has 41 heavy (non-hydrogen) atoms. The molecule has 1 atom stereocenters. The molecule has 1 aliphatic heterocycles. The minimum atomic E-state index is -0.713. The summed E-state index contributed by atoms with van der Waals surface area (Å²) in [5.41, 5.74) is 3.03. The number of halogens is 2. The molecule has 210 valence electrons. The average Bonchev–Trinajstić information content (AvgIpc) is 3.26. The van der Waals surface area contributed by atoms with Crippen LogP contribution in [0.1, 0.15) is 36.6 Å². The van der Waals surface area contributed by atoms with E-state index >= 15 is 0 Å². The summed E-state index contributed by atoms with van der Waals surface area (Å²) >= 11 is 11.0. The largest absolute Gasteiger partial charge is 0.496 e. The number of nitrogens with zero attached hydrogens (tertiary/aromatic N) is 2. The summed E-state index contributed by atoms with van der Waals surface area (Å²) in [4.78, 5) is 32.1. The van der Waals surface area contributed by atoms with Crippen molar-refractivity contribution in [1.29, 1.82) is 0 Å². The van der Waals surface area contributed by atoms with Gasteiger partial charge in [-0.05, 0) is 77.3 Å². The van der Waals surface area contributed by atoms with Crippen molar-refractivity contribution in [2.45, 2.75) is 26.5 Å².